The van der Waals surface area contributed by atoms with Gasteiger partial charge in [-0.15, -0.1) is 0 Å². The maximum absolute atomic E-state index is 12.5. The number of ether oxygens (including phenoxy) is 2. The lowest BCUT2D eigenvalue weighted by molar-refractivity contribution is -0.130. The Morgan fingerprint density at radius 2 is 1.68 bits per heavy atom. The fourth-order valence-electron chi connectivity index (χ4n) is 2.64. The highest BCUT2D eigenvalue weighted by Crippen LogP contribution is 2.21. The summed E-state index contributed by atoms with van der Waals surface area (Å²) in [6, 6.07) is 19.9. The molecule has 0 bridgehead atoms. The van der Waals surface area contributed by atoms with Crippen LogP contribution in [0.1, 0.15) is 21.6 Å². The maximum atomic E-state index is 12.5. The fourth-order valence-corrected chi connectivity index (χ4v) is 2.64. The summed E-state index contributed by atoms with van der Waals surface area (Å²) in [4.78, 5) is 29.8. The standard InChI is InChI=1S/C25H24N2O4/c1-27(2)25(29)18-30-22-13-10-19(11-14-22)23(28)15-12-20-7-3-4-9-24(20)31-17-21-8-5-6-16-26-21/h3-16H,17-18H2,1-2H3/b15-12+. The second-order valence-electron chi connectivity index (χ2n) is 6.95. The fraction of sp³-hybridized carbons (Fsp3) is 0.160. The van der Waals surface area contributed by atoms with Crippen molar-refractivity contribution in [2.24, 2.45) is 0 Å². The van der Waals surface area contributed by atoms with Gasteiger partial charge < -0.3 is 14.4 Å². The van der Waals surface area contributed by atoms with Gasteiger partial charge >= 0.3 is 0 Å². The van der Waals surface area contributed by atoms with Crippen LogP contribution >= 0.6 is 0 Å². The number of aromatic nitrogens is 1. The number of carbonyl (C=O) groups is 2. The molecule has 0 saturated heterocycles. The molecular weight excluding hydrogens is 392 g/mol. The van der Waals surface area contributed by atoms with Crippen molar-refractivity contribution < 1.29 is 19.1 Å². The highest BCUT2D eigenvalue weighted by atomic mass is 16.5. The number of nitrogens with zero attached hydrogens (tertiary/aromatic N) is 2. The van der Waals surface area contributed by atoms with E-state index in [0.717, 1.165) is 11.3 Å². The van der Waals surface area contributed by atoms with Gasteiger partial charge in [-0.05, 0) is 54.6 Å². The number of ketones is 1. The Morgan fingerprint density at radius 3 is 2.39 bits per heavy atom. The molecule has 0 fully saturated rings. The number of hydrogen-bond donors (Lipinski definition) is 0. The zero-order valence-electron chi connectivity index (χ0n) is 17.5. The van der Waals surface area contributed by atoms with Crippen molar-refractivity contribution in [3.05, 3.63) is 95.8 Å². The molecule has 0 aliphatic rings. The van der Waals surface area contributed by atoms with E-state index >= 15 is 0 Å². The summed E-state index contributed by atoms with van der Waals surface area (Å²) in [5, 5.41) is 0. The quantitative estimate of drug-likeness (QED) is 0.389. The molecule has 1 aromatic heterocycles. The average Bonchev–Trinajstić information content (AvgIpc) is 2.81. The van der Waals surface area contributed by atoms with E-state index in [1.54, 1.807) is 50.6 Å². The molecular formula is C25H24N2O4. The smallest absolute Gasteiger partial charge is 0.259 e. The Kier molecular flexibility index (Phi) is 7.54. The van der Waals surface area contributed by atoms with Crippen LogP contribution in [0.2, 0.25) is 0 Å². The summed E-state index contributed by atoms with van der Waals surface area (Å²) in [5.41, 5.74) is 2.15. The maximum Gasteiger partial charge on any atom is 0.259 e. The van der Waals surface area contributed by atoms with Gasteiger partial charge in [0.05, 0.1) is 5.69 Å². The van der Waals surface area contributed by atoms with Crippen molar-refractivity contribution in [1.82, 2.24) is 9.88 Å². The van der Waals surface area contributed by atoms with Crippen LogP contribution in [0, 0.1) is 0 Å². The van der Waals surface area contributed by atoms with E-state index < -0.39 is 0 Å². The minimum atomic E-state index is -0.143. The van der Waals surface area contributed by atoms with Crippen molar-refractivity contribution in [2.45, 2.75) is 6.61 Å². The Hall–Kier alpha value is -3.93. The van der Waals surface area contributed by atoms with Crippen LogP contribution in [-0.2, 0) is 11.4 Å². The lowest BCUT2D eigenvalue weighted by Gasteiger charge is -2.11. The monoisotopic (exact) mass is 416 g/mol. The largest absolute Gasteiger partial charge is 0.487 e. The molecule has 1 amide bonds. The van der Waals surface area contributed by atoms with E-state index in [1.165, 1.54) is 11.0 Å². The Morgan fingerprint density at radius 1 is 0.935 bits per heavy atom. The van der Waals surface area contributed by atoms with Crippen molar-refractivity contribution >= 4 is 17.8 Å². The van der Waals surface area contributed by atoms with E-state index in [9.17, 15) is 9.59 Å². The molecule has 6 nitrogen and oxygen atoms in total. The summed E-state index contributed by atoms with van der Waals surface area (Å²) in [5.74, 6) is 0.929. The number of amides is 1. The van der Waals surface area contributed by atoms with E-state index in [-0.39, 0.29) is 18.3 Å². The van der Waals surface area contributed by atoms with Gasteiger partial charge in [-0.25, -0.2) is 0 Å². The second kappa shape index (κ2) is 10.7. The first kappa shape index (κ1) is 21.8. The first-order valence-electron chi connectivity index (χ1n) is 9.80. The molecule has 6 heteroatoms. The summed E-state index contributed by atoms with van der Waals surface area (Å²) in [7, 11) is 3.34. The molecule has 0 N–H and O–H groups in total. The molecule has 2 aromatic carbocycles. The highest BCUT2D eigenvalue weighted by Gasteiger charge is 2.07. The zero-order chi connectivity index (χ0) is 22.1. The van der Waals surface area contributed by atoms with Crippen LogP contribution in [0.15, 0.2) is 79.0 Å². The Bertz CT molecular complexity index is 1040. The van der Waals surface area contributed by atoms with Gasteiger partial charge in [0.25, 0.3) is 5.91 Å². The number of rotatable bonds is 9. The van der Waals surface area contributed by atoms with Gasteiger partial charge in [0.2, 0.25) is 0 Å². The van der Waals surface area contributed by atoms with Crippen LogP contribution in [0.3, 0.4) is 0 Å². The number of allylic oxidation sites excluding steroid dienone is 1. The number of benzene rings is 2. The van der Waals surface area contributed by atoms with Crippen molar-refractivity contribution in [3.63, 3.8) is 0 Å². The number of carbonyl (C=O) groups excluding carboxylic acids is 2. The third-order valence-electron chi connectivity index (χ3n) is 4.43. The van der Waals surface area contributed by atoms with Crippen LogP contribution in [-0.4, -0.2) is 42.3 Å². The molecule has 3 rings (SSSR count). The summed E-state index contributed by atoms with van der Waals surface area (Å²) >= 11 is 0. The molecule has 0 spiro atoms. The third-order valence-corrected chi connectivity index (χ3v) is 4.43. The lowest BCUT2D eigenvalue weighted by atomic mass is 10.1. The predicted octanol–water partition coefficient (Wildman–Crippen LogP) is 4.02. The molecule has 158 valence electrons. The van der Waals surface area contributed by atoms with Crippen molar-refractivity contribution in [1.29, 1.82) is 0 Å². The van der Waals surface area contributed by atoms with Crippen LogP contribution < -0.4 is 9.47 Å². The number of para-hydroxylation sites is 1. The van der Waals surface area contributed by atoms with Gasteiger partial charge in [0, 0.05) is 31.4 Å². The summed E-state index contributed by atoms with van der Waals surface area (Å²) in [6.45, 7) is 0.299. The van der Waals surface area contributed by atoms with Gasteiger partial charge in [-0.1, -0.05) is 24.3 Å². The van der Waals surface area contributed by atoms with E-state index in [2.05, 4.69) is 4.98 Å². The molecule has 0 unspecified atom stereocenters. The van der Waals surface area contributed by atoms with Gasteiger partial charge in [-0.2, -0.15) is 0 Å². The average molecular weight is 416 g/mol. The Labute approximate surface area is 181 Å². The SMILES string of the molecule is CN(C)C(=O)COc1ccc(C(=O)/C=C/c2ccccc2OCc2ccccn2)cc1. The minimum absolute atomic E-state index is 0.0461. The predicted molar refractivity (Wildman–Crippen MR) is 119 cm³/mol. The van der Waals surface area contributed by atoms with Crippen LogP contribution in [0.5, 0.6) is 11.5 Å². The van der Waals surface area contributed by atoms with Gasteiger partial charge in [-0.3, -0.25) is 14.6 Å². The topological polar surface area (TPSA) is 68.7 Å². The first-order valence-corrected chi connectivity index (χ1v) is 9.80. The number of pyridine rings is 1. The van der Waals surface area contributed by atoms with Crippen molar-refractivity contribution in [2.75, 3.05) is 20.7 Å². The van der Waals surface area contributed by atoms with Crippen LogP contribution in [0.4, 0.5) is 0 Å². The molecule has 0 saturated carbocycles. The van der Waals surface area contributed by atoms with Gasteiger partial charge in [0.15, 0.2) is 12.4 Å². The zero-order valence-corrected chi connectivity index (χ0v) is 17.5. The Balaban J connectivity index is 1.61. The number of likely N-dealkylation sites (N-methyl/N-ethyl adjacent to an activating group) is 1. The molecule has 0 aliphatic heterocycles. The normalized spacial score (nSPS) is 10.6. The molecule has 1 heterocycles. The molecule has 0 radical (unpaired) electrons. The molecule has 31 heavy (non-hydrogen) atoms. The van der Waals surface area contributed by atoms with E-state index in [0.29, 0.717) is 23.7 Å². The van der Waals surface area contributed by atoms with E-state index in [1.807, 2.05) is 42.5 Å². The van der Waals surface area contributed by atoms with Gasteiger partial charge in [0.1, 0.15) is 18.1 Å². The highest BCUT2D eigenvalue weighted by molar-refractivity contribution is 6.07. The molecule has 0 aliphatic carbocycles. The lowest BCUT2D eigenvalue weighted by Crippen LogP contribution is -2.27. The summed E-state index contributed by atoms with van der Waals surface area (Å²) in [6.07, 6.45) is 4.96. The first-order chi connectivity index (χ1) is 15.0. The van der Waals surface area contributed by atoms with Crippen molar-refractivity contribution in [3.8, 4) is 11.5 Å². The minimum Gasteiger partial charge on any atom is -0.487 e. The summed E-state index contributed by atoms with van der Waals surface area (Å²) < 4.78 is 11.3. The molecule has 0 atom stereocenters. The number of hydrogen-bond acceptors (Lipinski definition) is 5. The van der Waals surface area contributed by atoms with E-state index in [4.69, 9.17) is 9.47 Å². The molecule has 3 aromatic rings. The van der Waals surface area contributed by atoms with Crippen LogP contribution in [0.25, 0.3) is 6.08 Å². The second-order valence-corrected chi connectivity index (χ2v) is 6.95. The third kappa shape index (κ3) is 6.54.